The summed E-state index contributed by atoms with van der Waals surface area (Å²) in [6.45, 7) is 13.3. The summed E-state index contributed by atoms with van der Waals surface area (Å²) in [5, 5.41) is 6.87. The maximum absolute atomic E-state index is 5.41. The molecule has 6 heteroatoms. The van der Waals surface area contributed by atoms with Crippen molar-refractivity contribution >= 4 is 29.9 Å². The Morgan fingerprint density at radius 3 is 2.42 bits per heavy atom. The predicted octanol–water partition coefficient (Wildman–Crippen LogP) is 2.60. The average Bonchev–Trinajstić information content (AvgIpc) is 2.58. The van der Waals surface area contributed by atoms with Crippen molar-refractivity contribution in [3.05, 3.63) is 34.9 Å². The quantitative estimate of drug-likeness (QED) is 0.363. The SMILES string of the molecule is CN=C(NCCc1cc(C)cc(C)c1)NCC(C)CN1CCOCC1.I. The lowest BCUT2D eigenvalue weighted by atomic mass is 10.1. The van der Waals surface area contributed by atoms with E-state index in [-0.39, 0.29) is 24.0 Å². The molecule has 5 nitrogen and oxygen atoms in total. The van der Waals surface area contributed by atoms with Crippen LogP contribution in [0.2, 0.25) is 0 Å². The number of morpholine rings is 1. The van der Waals surface area contributed by atoms with Crippen LogP contribution >= 0.6 is 24.0 Å². The first-order valence-corrected chi connectivity index (χ1v) is 9.38. The molecule has 0 aromatic heterocycles. The first-order chi connectivity index (χ1) is 12.1. The van der Waals surface area contributed by atoms with Crippen molar-refractivity contribution in [2.75, 3.05) is 53.0 Å². The van der Waals surface area contributed by atoms with Crippen molar-refractivity contribution < 1.29 is 4.74 Å². The van der Waals surface area contributed by atoms with Gasteiger partial charge < -0.3 is 15.4 Å². The molecule has 26 heavy (non-hydrogen) atoms. The lowest BCUT2D eigenvalue weighted by molar-refractivity contribution is 0.0320. The molecule has 1 aromatic rings. The maximum atomic E-state index is 5.41. The Balaban J connectivity index is 0.00000338. The van der Waals surface area contributed by atoms with E-state index in [2.05, 4.69) is 59.5 Å². The van der Waals surface area contributed by atoms with Crippen LogP contribution in [-0.2, 0) is 11.2 Å². The Morgan fingerprint density at radius 2 is 1.81 bits per heavy atom. The van der Waals surface area contributed by atoms with Crippen molar-refractivity contribution in [1.82, 2.24) is 15.5 Å². The number of aliphatic imine (C=N–C) groups is 1. The first kappa shape index (κ1) is 23.2. The van der Waals surface area contributed by atoms with E-state index in [9.17, 15) is 0 Å². The Bertz CT molecular complexity index is 538. The Hall–Kier alpha value is -0.860. The number of nitrogens with zero attached hydrogens (tertiary/aromatic N) is 2. The van der Waals surface area contributed by atoms with Crippen molar-refractivity contribution in [3.8, 4) is 0 Å². The van der Waals surface area contributed by atoms with Crippen LogP contribution in [-0.4, -0.2) is 63.8 Å². The zero-order valence-electron chi connectivity index (χ0n) is 16.7. The molecule has 148 valence electrons. The van der Waals surface area contributed by atoms with Crippen LogP contribution in [0.1, 0.15) is 23.6 Å². The van der Waals surface area contributed by atoms with Gasteiger partial charge in [0.05, 0.1) is 13.2 Å². The third-order valence-electron chi connectivity index (χ3n) is 4.50. The molecule has 0 bridgehead atoms. The molecule has 0 spiro atoms. The van der Waals surface area contributed by atoms with E-state index < -0.39 is 0 Å². The van der Waals surface area contributed by atoms with E-state index in [1.807, 2.05) is 7.05 Å². The number of hydrogen-bond donors (Lipinski definition) is 2. The molecular formula is C20H35IN4O. The Labute approximate surface area is 176 Å². The highest BCUT2D eigenvalue weighted by Crippen LogP contribution is 2.09. The van der Waals surface area contributed by atoms with Crippen LogP contribution in [0.5, 0.6) is 0 Å². The molecule has 0 saturated carbocycles. The van der Waals surface area contributed by atoms with Crippen molar-refractivity contribution in [2.45, 2.75) is 27.2 Å². The molecule has 1 heterocycles. The molecule has 1 fully saturated rings. The minimum atomic E-state index is 0. The molecule has 1 unspecified atom stereocenters. The summed E-state index contributed by atoms with van der Waals surface area (Å²) < 4.78 is 5.41. The summed E-state index contributed by atoms with van der Waals surface area (Å²) in [5.74, 6) is 1.47. The van der Waals surface area contributed by atoms with Crippen molar-refractivity contribution in [1.29, 1.82) is 0 Å². The average molecular weight is 474 g/mol. The van der Waals surface area contributed by atoms with Crippen molar-refractivity contribution in [2.24, 2.45) is 10.9 Å². The number of ether oxygens (including phenoxy) is 1. The van der Waals surface area contributed by atoms with E-state index in [0.29, 0.717) is 5.92 Å². The lowest BCUT2D eigenvalue weighted by Crippen LogP contribution is -2.44. The number of benzene rings is 1. The van der Waals surface area contributed by atoms with E-state index in [4.69, 9.17) is 4.74 Å². The van der Waals surface area contributed by atoms with Crippen LogP contribution in [0.3, 0.4) is 0 Å². The third-order valence-corrected chi connectivity index (χ3v) is 4.50. The standard InChI is InChI=1S/C20H34N4O.HI/c1-16-11-17(2)13-19(12-16)5-6-22-20(21-4)23-14-18(3)15-24-7-9-25-10-8-24;/h11-13,18H,5-10,14-15H2,1-4H3,(H2,21,22,23);1H. The molecule has 1 aliphatic rings. The second-order valence-corrected chi connectivity index (χ2v) is 7.14. The Morgan fingerprint density at radius 1 is 1.15 bits per heavy atom. The molecule has 0 aliphatic carbocycles. The second-order valence-electron chi connectivity index (χ2n) is 7.14. The molecule has 0 radical (unpaired) electrons. The molecule has 1 atom stereocenters. The maximum Gasteiger partial charge on any atom is 0.190 e. The minimum absolute atomic E-state index is 0. The van der Waals surface area contributed by atoms with Crippen molar-refractivity contribution in [3.63, 3.8) is 0 Å². The van der Waals surface area contributed by atoms with Gasteiger partial charge in [0.2, 0.25) is 0 Å². The summed E-state index contributed by atoms with van der Waals surface area (Å²) in [6, 6.07) is 6.73. The van der Waals surface area contributed by atoms with Crippen LogP contribution in [0.4, 0.5) is 0 Å². The number of aryl methyl sites for hydroxylation is 2. The summed E-state index contributed by atoms with van der Waals surface area (Å²) >= 11 is 0. The molecule has 1 saturated heterocycles. The fourth-order valence-corrected chi connectivity index (χ4v) is 3.32. The highest BCUT2D eigenvalue weighted by Gasteiger charge is 2.13. The van der Waals surface area contributed by atoms with Gasteiger partial charge >= 0.3 is 0 Å². The van der Waals surface area contributed by atoms with Crippen LogP contribution < -0.4 is 10.6 Å². The summed E-state index contributed by atoms with van der Waals surface area (Å²) in [5.41, 5.74) is 4.03. The van der Waals surface area contributed by atoms with Crippen LogP contribution in [0.25, 0.3) is 0 Å². The summed E-state index contributed by atoms with van der Waals surface area (Å²) in [4.78, 5) is 6.81. The highest BCUT2D eigenvalue weighted by atomic mass is 127. The van der Waals surface area contributed by atoms with Gasteiger partial charge in [-0.05, 0) is 31.7 Å². The lowest BCUT2D eigenvalue weighted by Gasteiger charge is -2.29. The fourth-order valence-electron chi connectivity index (χ4n) is 3.32. The molecule has 1 aliphatic heterocycles. The minimum Gasteiger partial charge on any atom is -0.379 e. The molecule has 2 N–H and O–H groups in total. The number of hydrogen-bond acceptors (Lipinski definition) is 3. The monoisotopic (exact) mass is 474 g/mol. The van der Waals surface area contributed by atoms with E-state index in [0.717, 1.165) is 58.3 Å². The zero-order chi connectivity index (χ0) is 18.1. The van der Waals surface area contributed by atoms with Gasteiger partial charge in [-0.25, -0.2) is 0 Å². The second kappa shape index (κ2) is 12.5. The third kappa shape index (κ3) is 8.68. The zero-order valence-corrected chi connectivity index (χ0v) is 19.0. The topological polar surface area (TPSA) is 48.9 Å². The smallest absolute Gasteiger partial charge is 0.190 e. The van der Waals surface area contributed by atoms with E-state index in [1.54, 1.807) is 0 Å². The van der Waals surface area contributed by atoms with E-state index in [1.165, 1.54) is 16.7 Å². The van der Waals surface area contributed by atoms with Gasteiger partial charge in [-0.2, -0.15) is 0 Å². The summed E-state index contributed by atoms with van der Waals surface area (Å²) in [7, 11) is 1.83. The number of nitrogens with one attached hydrogen (secondary N) is 2. The highest BCUT2D eigenvalue weighted by molar-refractivity contribution is 14.0. The molecule has 1 aromatic carbocycles. The molecule has 0 amide bonds. The normalized spacial score (nSPS) is 16.7. The van der Waals surface area contributed by atoms with Gasteiger partial charge in [-0.3, -0.25) is 9.89 Å². The number of halogens is 1. The summed E-state index contributed by atoms with van der Waals surface area (Å²) in [6.07, 6.45) is 1.01. The number of guanidine groups is 1. The first-order valence-electron chi connectivity index (χ1n) is 9.38. The molecule has 2 rings (SSSR count). The van der Waals surface area contributed by atoms with Gasteiger partial charge in [0, 0.05) is 39.8 Å². The molecular weight excluding hydrogens is 439 g/mol. The van der Waals surface area contributed by atoms with Gasteiger partial charge in [0.25, 0.3) is 0 Å². The Kier molecular flexibility index (Phi) is 11.2. The predicted molar refractivity (Wildman–Crippen MR) is 121 cm³/mol. The van der Waals surface area contributed by atoms with Crippen LogP contribution in [0, 0.1) is 19.8 Å². The van der Waals surface area contributed by atoms with Crippen LogP contribution in [0.15, 0.2) is 23.2 Å². The van der Waals surface area contributed by atoms with Gasteiger partial charge in [-0.1, -0.05) is 36.2 Å². The van der Waals surface area contributed by atoms with E-state index >= 15 is 0 Å². The fraction of sp³-hybridized carbons (Fsp3) is 0.650. The largest absolute Gasteiger partial charge is 0.379 e. The number of rotatable bonds is 7. The van der Waals surface area contributed by atoms with Gasteiger partial charge in [0.1, 0.15) is 0 Å². The van der Waals surface area contributed by atoms with Gasteiger partial charge in [-0.15, -0.1) is 24.0 Å². The van der Waals surface area contributed by atoms with Gasteiger partial charge in [0.15, 0.2) is 5.96 Å².